The first-order chi connectivity index (χ1) is 15.4. The van der Waals surface area contributed by atoms with Crippen molar-refractivity contribution in [1.82, 2.24) is 9.55 Å². The maximum absolute atomic E-state index is 12.8. The van der Waals surface area contributed by atoms with E-state index in [1.165, 1.54) is 10.6 Å². The lowest BCUT2D eigenvalue weighted by atomic mass is 10.1. The number of nitrogens with one attached hydrogen (secondary N) is 1. The van der Waals surface area contributed by atoms with Crippen LogP contribution in [-0.4, -0.2) is 16.1 Å². The monoisotopic (exact) mass is 432 g/mol. The lowest BCUT2D eigenvalue weighted by Gasteiger charge is -2.25. The van der Waals surface area contributed by atoms with Gasteiger partial charge < -0.3 is 15.1 Å². The van der Waals surface area contributed by atoms with Crippen LogP contribution in [0.5, 0.6) is 0 Å². The number of rotatable bonds is 6. The number of hydrogen-bond acceptors (Lipinski definition) is 6. The molecule has 0 bridgehead atoms. The fraction of sp³-hybridized carbons (Fsp3) is 0.208. The van der Waals surface area contributed by atoms with Crippen LogP contribution in [-0.2, 0) is 13.1 Å². The Morgan fingerprint density at radius 2 is 1.81 bits per heavy atom. The number of aryl methyl sites for hydroxylation is 1. The van der Waals surface area contributed by atoms with E-state index in [1.807, 2.05) is 56.3 Å². The summed E-state index contributed by atoms with van der Waals surface area (Å²) < 4.78 is 6.68. The summed E-state index contributed by atoms with van der Waals surface area (Å²) in [5.41, 5.74) is 7.97. The molecule has 4 aromatic rings. The Hall–Kier alpha value is -4.07. The van der Waals surface area contributed by atoms with E-state index in [2.05, 4.69) is 4.98 Å². The largest absolute Gasteiger partial charge is 0.423 e. The van der Waals surface area contributed by atoms with E-state index in [0.29, 0.717) is 17.7 Å². The quantitative estimate of drug-likeness (QED) is 0.453. The highest BCUT2D eigenvalue weighted by Gasteiger charge is 2.19. The second-order valence-corrected chi connectivity index (χ2v) is 7.67. The zero-order valence-corrected chi connectivity index (χ0v) is 17.9. The lowest BCUT2D eigenvalue weighted by molar-refractivity contribution is 0.558. The van der Waals surface area contributed by atoms with E-state index in [4.69, 9.17) is 10.2 Å². The highest BCUT2D eigenvalue weighted by molar-refractivity contribution is 5.81. The van der Waals surface area contributed by atoms with E-state index >= 15 is 0 Å². The minimum atomic E-state index is -0.572. The van der Waals surface area contributed by atoms with Gasteiger partial charge in [-0.3, -0.25) is 14.3 Å². The van der Waals surface area contributed by atoms with Gasteiger partial charge in [-0.05, 0) is 36.6 Å². The molecule has 3 N–H and O–H groups in total. The number of nitrogens with two attached hydrogens (primary N) is 1. The van der Waals surface area contributed by atoms with Crippen molar-refractivity contribution in [2.24, 2.45) is 0 Å². The highest BCUT2D eigenvalue weighted by Crippen LogP contribution is 2.24. The molecule has 164 valence electrons. The molecule has 0 saturated carbocycles. The summed E-state index contributed by atoms with van der Waals surface area (Å²) >= 11 is 0. The molecular weight excluding hydrogens is 408 g/mol. The Kier molecular flexibility index (Phi) is 5.68. The minimum Gasteiger partial charge on any atom is -0.423 e. The van der Waals surface area contributed by atoms with Crippen LogP contribution in [0.4, 0.5) is 11.5 Å². The zero-order chi connectivity index (χ0) is 22.8. The van der Waals surface area contributed by atoms with E-state index in [-0.39, 0.29) is 24.6 Å². The van der Waals surface area contributed by atoms with Gasteiger partial charge in [-0.2, -0.15) is 0 Å². The van der Waals surface area contributed by atoms with E-state index in [0.717, 1.165) is 16.5 Å². The topological polar surface area (TPSA) is 114 Å². The van der Waals surface area contributed by atoms with Crippen molar-refractivity contribution in [2.75, 3.05) is 17.2 Å². The number of hydrogen-bond donors (Lipinski definition) is 2. The SMILES string of the molecule is CCN(Cc1cc(=O)oc2cc(C)ccc12)c1c(N)n(Cc2ccccc2)c(=O)[nH]c1=O. The number of fused-ring (bicyclic) bond motifs is 1. The number of H-pyrrole nitrogens is 1. The molecule has 0 unspecified atom stereocenters. The van der Waals surface area contributed by atoms with Gasteiger partial charge >= 0.3 is 11.3 Å². The number of benzene rings is 2. The summed E-state index contributed by atoms with van der Waals surface area (Å²) in [5, 5.41) is 0.779. The van der Waals surface area contributed by atoms with Crippen LogP contribution in [0.25, 0.3) is 11.0 Å². The molecular formula is C24H24N4O4. The van der Waals surface area contributed by atoms with Crippen LogP contribution in [0.15, 0.2) is 73.4 Å². The Morgan fingerprint density at radius 1 is 1.06 bits per heavy atom. The van der Waals surface area contributed by atoms with Gasteiger partial charge in [0.05, 0.1) is 6.54 Å². The van der Waals surface area contributed by atoms with Crippen molar-refractivity contribution in [1.29, 1.82) is 0 Å². The van der Waals surface area contributed by atoms with E-state index in [1.54, 1.807) is 11.0 Å². The van der Waals surface area contributed by atoms with Crippen LogP contribution < -0.4 is 27.5 Å². The van der Waals surface area contributed by atoms with Gasteiger partial charge in [0, 0.05) is 24.5 Å². The second-order valence-electron chi connectivity index (χ2n) is 7.67. The van der Waals surface area contributed by atoms with Crippen molar-refractivity contribution in [2.45, 2.75) is 26.9 Å². The van der Waals surface area contributed by atoms with Crippen molar-refractivity contribution in [3.05, 3.63) is 103 Å². The fourth-order valence-electron chi connectivity index (χ4n) is 3.83. The summed E-state index contributed by atoms with van der Waals surface area (Å²) in [6.45, 7) is 4.71. The normalized spacial score (nSPS) is 11.1. The summed E-state index contributed by atoms with van der Waals surface area (Å²) in [6, 6.07) is 16.4. The molecule has 0 spiro atoms. The molecule has 0 aliphatic heterocycles. The van der Waals surface area contributed by atoms with Crippen LogP contribution in [0, 0.1) is 6.92 Å². The maximum atomic E-state index is 12.8. The fourth-order valence-corrected chi connectivity index (χ4v) is 3.83. The molecule has 0 amide bonds. The van der Waals surface area contributed by atoms with Crippen LogP contribution in [0.1, 0.15) is 23.6 Å². The minimum absolute atomic E-state index is 0.0765. The van der Waals surface area contributed by atoms with Gasteiger partial charge in [-0.25, -0.2) is 9.59 Å². The van der Waals surface area contributed by atoms with Crippen molar-refractivity contribution < 1.29 is 4.42 Å². The van der Waals surface area contributed by atoms with E-state index in [9.17, 15) is 14.4 Å². The highest BCUT2D eigenvalue weighted by atomic mass is 16.4. The average molecular weight is 432 g/mol. The third-order valence-corrected chi connectivity index (χ3v) is 5.44. The van der Waals surface area contributed by atoms with E-state index < -0.39 is 16.9 Å². The van der Waals surface area contributed by atoms with Crippen LogP contribution in [0.3, 0.4) is 0 Å². The summed E-state index contributed by atoms with van der Waals surface area (Å²) in [4.78, 5) is 41.5. The molecule has 8 nitrogen and oxygen atoms in total. The molecule has 8 heteroatoms. The zero-order valence-electron chi connectivity index (χ0n) is 17.9. The van der Waals surface area contributed by atoms with Gasteiger partial charge in [-0.15, -0.1) is 0 Å². The molecule has 0 aliphatic carbocycles. The molecule has 0 saturated heterocycles. The van der Waals surface area contributed by atoms with Gasteiger partial charge in [0.2, 0.25) is 0 Å². The lowest BCUT2D eigenvalue weighted by Crippen LogP contribution is -2.38. The first-order valence-electron chi connectivity index (χ1n) is 10.3. The molecule has 0 aliphatic rings. The first-order valence-corrected chi connectivity index (χ1v) is 10.3. The Labute approximate surface area is 183 Å². The van der Waals surface area contributed by atoms with Crippen molar-refractivity contribution in [3.63, 3.8) is 0 Å². The van der Waals surface area contributed by atoms with Gasteiger partial charge in [0.15, 0.2) is 0 Å². The third-order valence-electron chi connectivity index (χ3n) is 5.44. The van der Waals surface area contributed by atoms with Gasteiger partial charge in [-0.1, -0.05) is 42.5 Å². The standard InChI is InChI=1S/C24H24N4O4/c1-3-27(14-17-12-20(29)32-19-11-15(2)9-10-18(17)19)21-22(25)28(24(31)26-23(21)30)13-16-7-5-4-6-8-16/h4-12H,3,13-14,25H2,1-2H3,(H,26,30,31). The van der Waals surface area contributed by atoms with Gasteiger partial charge in [0.1, 0.15) is 17.1 Å². The molecule has 0 fully saturated rings. The third kappa shape index (κ3) is 4.07. The second kappa shape index (κ2) is 8.58. The molecule has 2 aromatic carbocycles. The molecule has 2 aromatic heterocycles. The van der Waals surface area contributed by atoms with Crippen molar-refractivity contribution >= 4 is 22.5 Å². The smallest absolute Gasteiger partial charge is 0.336 e. The Balaban J connectivity index is 1.80. The predicted molar refractivity (Wildman–Crippen MR) is 125 cm³/mol. The van der Waals surface area contributed by atoms with Crippen molar-refractivity contribution in [3.8, 4) is 0 Å². The Morgan fingerprint density at radius 3 is 2.53 bits per heavy atom. The summed E-state index contributed by atoms with van der Waals surface area (Å²) in [7, 11) is 0. The summed E-state index contributed by atoms with van der Waals surface area (Å²) in [5.74, 6) is 0.0765. The number of nitrogens with zero attached hydrogens (tertiary/aromatic N) is 2. The number of aromatic amines is 1. The molecule has 0 radical (unpaired) electrons. The molecule has 0 atom stereocenters. The van der Waals surface area contributed by atoms with Crippen LogP contribution >= 0.6 is 0 Å². The van der Waals surface area contributed by atoms with Gasteiger partial charge in [0.25, 0.3) is 5.56 Å². The molecule has 2 heterocycles. The molecule has 4 rings (SSSR count). The maximum Gasteiger partial charge on any atom is 0.336 e. The average Bonchev–Trinajstić information content (AvgIpc) is 2.76. The Bertz CT molecular complexity index is 1450. The number of anilines is 2. The summed E-state index contributed by atoms with van der Waals surface area (Å²) in [6.07, 6.45) is 0. The predicted octanol–water partition coefficient (Wildman–Crippen LogP) is 2.61. The number of aromatic nitrogens is 2. The van der Waals surface area contributed by atoms with Crippen LogP contribution in [0.2, 0.25) is 0 Å². The number of nitrogen functional groups attached to an aromatic ring is 1. The first kappa shape index (κ1) is 21.2. The molecule has 32 heavy (non-hydrogen) atoms.